The Balaban J connectivity index is 1.20. The van der Waals surface area contributed by atoms with E-state index in [1.807, 2.05) is 13.0 Å². The lowest BCUT2D eigenvalue weighted by Gasteiger charge is -2.62. The van der Waals surface area contributed by atoms with Crippen LogP contribution in [0.2, 0.25) is 0 Å². The van der Waals surface area contributed by atoms with Gasteiger partial charge in [-0.05, 0) is 93.1 Å². The lowest BCUT2D eigenvalue weighted by atomic mass is 9.45. The number of ether oxygens (including phenoxy) is 3. The van der Waals surface area contributed by atoms with Gasteiger partial charge in [0, 0.05) is 18.6 Å². The first kappa shape index (κ1) is 27.6. The van der Waals surface area contributed by atoms with Gasteiger partial charge in [-0.1, -0.05) is 25.5 Å². The maximum absolute atomic E-state index is 12.4. The van der Waals surface area contributed by atoms with Crippen molar-refractivity contribution < 1.29 is 33.9 Å². The van der Waals surface area contributed by atoms with Crippen molar-refractivity contribution in [3.05, 3.63) is 46.0 Å². The second-order valence-corrected chi connectivity index (χ2v) is 13.3. The molecule has 0 spiro atoms. The molecule has 8 nitrogen and oxygen atoms in total. The van der Waals surface area contributed by atoms with Crippen LogP contribution in [0.3, 0.4) is 0 Å². The van der Waals surface area contributed by atoms with Crippen molar-refractivity contribution in [1.29, 1.82) is 0 Å². The van der Waals surface area contributed by atoms with E-state index in [2.05, 4.69) is 19.9 Å². The van der Waals surface area contributed by atoms with Crippen molar-refractivity contribution in [2.24, 2.45) is 22.7 Å². The highest BCUT2D eigenvalue weighted by atomic mass is 16.7. The minimum Gasteiger partial charge on any atom is -0.431 e. The molecule has 4 aliphatic carbocycles. The topological polar surface area (TPSA) is 119 Å². The van der Waals surface area contributed by atoms with Crippen LogP contribution in [0.25, 0.3) is 0 Å². The first-order chi connectivity index (χ1) is 18.5. The van der Waals surface area contributed by atoms with Gasteiger partial charge in [-0.25, -0.2) is 4.79 Å². The Bertz CT molecular complexity index is 1140. The molecule has 0 amide bonds. The zero-order valence-corrected chi connectivity index (χ0v) is 23.5. The average molecular weight is 545 g/mol. The van der Waals surface area contributed by atoms with Gasteiger partial charge in [0.2, 0.25) is 0 Å². The molecule has 1 saturated heterocycles. The smallest absolute Gasteiger partial charge is 0.335 e. The Hall–Kier alpha value is -1.55. The Morgan fingerprint density at radius 1 is 1.00 bits per heavy atom. The van der Waals surface area contributed by atoms with Gasteiger partial charge in [-0.3, -0.25) is 0 Å². The van der Waals surface area contributed by atoms with Crippen LogP contribution in [0.5, 0.6) is 0 Å². The highest BCUT2D eigenvalue weighted by Gasteiger charge is 2.66. The van der Waals surface area contributed by atoms with Crippen LogP contribution < -0.4 is 5.63 Å². The lowest BCUT2D eigenvalue weighted by Crippen LogP contribution is -2.60. The largest absolute Gasteiger partial charge is 0.431 e. The molecule has 8 heteroatoms. The molecule has 3 unspecified atom stereocenters. The number of aliphatic hydroxyl groups is 3. The van der Waals surface area contributed by atoms with E-state index in [1.54, 1.807) is 6.26 Å². The van der Waals surface area contributed by atoms with Crippen LogP contribution in [-0.4, -0.2) is 64.8 Å². The summed E-state index contributed by atoms with van der Waals surface area (Å²) < 4.78 is 22.7. The molecule has 0 bridgehead atoms. The monoisotopic (exact) mass is 544 g/mol. The maximum Gasteiger partial charge on any atom is 0.335 e. The Kier molecular flexibility index (Phi) is 6.92. The summed E-state index contributed by atoms with van der Waals surface area (Å²) in [6, 6.07) is 3.38. The Morgan fingerprint density at radius 3 is 2.51 bits per heavy atom. The average Bonchev–Trinajstić information content (AvgIpc) is 3.19. The third kappa shape index (κ3) is 4.12. The number of allylic oxidation sites excluding steroid dienone is 1. The van der Waals surface area contributed by atoms with Gasteiger partial charge in [-0.2, -0.15) is 0 Å². The lowest BCUT2D eigenvalue weighted by molar-refractivity contribution is -0.304. The number of fused-ring (bicyclic) bond motifs is 5. The minimum absolute atomic E-state index is 0.00253. The quantitative estimate of drug-likeness (QED) is 0.492. The number of hydrogen-bond donors (Lipinski definition) is 3. The van der Waals surface area contributed by atoms with Crippen LogP contribution in [0.4, 0.5) is 0 Å². The van der Waals surface area contributed by atoms with Gasteiger partial charge in [0.1, 0.15) is 18.3 Å². The molecule has 0 radical (unpaired) electrons. The van der Waals surface area contributed by atoms with E-state index >= 15 is 0 Å². The third-order valence-electron chi connectivity index (χ3n) is 11.7. The molecule has 5 aliphatic rings. The molecule has 12 atom stereocenters. The summed E-state index contributed by atoms with van der Waals surface area (Å²) in [5, 5.41) is 33.6. The zero-order valence-electron chi connectivity index (χ0n) is 23.5. The van der Waals surface area contributed by atoms with E-state index in [0.29, 0.717) is 5.92 Å². The van der Waals surface area contributed by atoms with Crippen LogP contribution in [0.15, 0.2) is 39.3 Å². The minimum atomic E-state index is -1.17. The fourth-order valence-corrected chi connectivity index (χ4v) is 9.49. The molecule has 1 aliphatic heterocycles. The Morgan fingerprint density at radius 2 is 1.79 bits per heavy atom. The molecule has 1 aromatic rings. The summed E-state index contributed by atoms with van der Waals surface area (Å²) >= 11 is 0. The first-order valence-electron chi connectivity index (χ1n) is 14.7. The number of rotatable bonds is 4. The van der Waals surface area contributed by atoms with E-state index in [0.717, 1.165) is 56.9 Å². The van der Waals surface area contributed by atoms with E-state index in [4.69, 9.17) is 18.6 Å². The number of methoxy groups -OCH3 is 1. The fraction of sp³-hybridized carbons (Fsp3) is 0.774. The molecule has 1 aromatic heterocycles. The molecule has 0 aromatic carbocycles. The standard InChI is InChI=1S/C31H44O8/c1-17-27(36-4)25(33)26(34)28(38-17)39-20-9-12-29(2)19(15-20)6-7-23-22(29)10-13-30(3)21(11-14-31(23,30)35)18-5-8-24(32)37-16-18/h5,8,15-17,20-23,25-28,33-35H,6-7,9-14H2,1-4H3/t17?,20-,21+,22?,23?,25-,26+,27-,28+,29-,30+,31-/m0/s1. The van der Waals surface area contributed by atoms with Crippen molar-refractivity contribution in [3.8, 4) is 0 Å². The molecule has 39 heavy (non-hydrogen) atoms. The molecule has 2 heterocycles. The van der Waals surface area contributed by atoms with Gasteiger partial charge >= 0.3 is 5.63 Å². The summed E-state index contributed by atoms with van der Waals surface area (Å²) in [6.07, 6.45) is 6.78. The molecular formula is C31H44O8. The summed E-state index contributed by atoms with van der Waals surface area (Å²) in [7, 11) is 1.50. The molecule has 3 saturated carbocycles. The third-order valence-corrected chi connectivity index (χ3v) is 11.7. The van der Waals surface area contributed by atoms with Gasteiger partial charge in [0.15, 0.2) is 6.29 Å². The predicted molar refractivity (Wildman–Crippen MR) is 143 cm³/mol. The number of hydrogen-bond acceptors (Lipinski definition) is 8. The normalized spacial score (nSPS) is 49.5. The van der Waals surface area contributed by atoms with E-state index in [-0.39, 0.29) is 34.4 Å². The summed E-state index contributed by atoms with van der Waals surface area (Å²) in [6.45, 7) is 6.45. The van der Waals surface area contributed by atoms with Gasteiger partial charge < -0.3 is 33.9 Å². The molecular weight excluding hydrogens is 500 g/mol. The molecule has 6 rings (SSSR count). The zero-order chi connectivity index (χ0) is 27.7. The SMILES string of the molecule is CO[C@H]1C(C)O[C@H](O[C@@H]2C=C3CCC4C(CC[C@]5(C)[C@@H](c6ccc(=O)oc6)CC[C@]45O)[C@@]3(C)CC2)[C@H](O)[C@@H]1O. The number of aliphatic hydroxyl groups excluding tert-OH is 2. The first-order valence-corrected chi connectivity index (χ1v) is 14.7. The predicted octanol–water partition coefficient (Wildman–Crippen LogP) is 3.67. The van der Waals surface area contributed by atoms with Crippen LogP contribution in [-0.2, 0) is 14.2 Å². The van der Waals surface area contributed by atoms with Crippen molar-refractivity contribution >= 4 is 0 Å². The molecule has 216 valence electrons. The van der Waals surface area contributed by atoms with E-state index in [1.165, 1.54) is 18.7 Å². The molecule has 3 N–H and O–H groups in total. The van der Waals surface area contributed by atoms with Crippen molar-refractivity contribution in [3.63, 3.8) is 0 Å². The highest BCUT2D eigenvalue weighted by molar-refractivity contribution is 5.31. The summed E-state index contributed by atoms with van der Waals surface area (Å²) in [4.78, 5) is 11.6. The van der Waals surface area contributed by atoms with Gasteiger partial charge in [0.05, 0.1) is 24.1 Å². The van der Waals surface area contributed by atoms with Crippen LogP contribution in [0, 0.1) is 22.7 Å². The van der Waals surface area contributed by atoms with E-state index < -0.39 is 36.3 Å². The van der Waals surface area contributed by atoms with Crippen LogP contribution in [0.1, 0.15) is 83.6 Å². The summed E-state index contributed by atoms with van der Waals surface area (Å²) in [5.74, 6) is 0.797. The second-order valence-electron chi connectivity index (χ2n) is 13.3. The van der Waals surface area contributed by atoms with Crippen molar-refractivity contribution in [1.82, 2.24) is 0 Å². The van der Waals surface area contributed by atoms with Gasteiger partial charge in [-0.15, -0.1) is 0 Å². The molecule has 4 fully saturated rings. The highest BCUT2D eigenvalue weighted by Crippen LogP contribution is 2.70. The summed E-state index contributed by atoms with van der Waals surface area (Å²) in [5.41, 5.74) is 1.07. The van der Waals surface area contributed by atoms with Gasteiger partial charge in [0.25, 0.3) is 0 Å². The van der Waals surface area contributed by atoms with Crippen molar-refractivity contribution in [2.45, 2.75) is 120 Å². The second kappa shape index (κ2) is 9.78. The van der Waals surface area contributed by atoms with Crippen molar-refractivity contribution in [2.75, 3.05) is 7.11 Å². The van der Waals surface area contributed by atoms with Crippen LogP contribution >= 0.6 is 0 Å². The fourth-order valence-electron chi connectivity index (χ4n) is 9.49. The van der Waals surface area contributed by atoms with E-state index in [9.17, 15) is 20.1 Å². The Labute approximate surface area is 230 Å². The maximum atomic E-state index is 12.4.